The summed E-state index contributed by atoms with van der Waals surface area (Å²) < 4.78 is 28.0. The fourth-order valence-corrected chi connectivity index (χ4v) is 5.05. The minimum Gasteiger partial charge on any atom is -0.336 e. The van der Waals surface area contributed by atoms with Crippen molar-refractivity contribution >= 4 is 15.9 Å². The summed E-state index contributed by atoms with van der Waals surface area (Å²) in [7, 11) is -3.59. The molecule has 0 unspecified atom stereocenters. The molecule has 1 saturated heterocycles. The molecule has 0 atom stereocenters. The molecule has 0 saturated carbocycles. The molecule has 3 rings (SSSR count). The Kier molecular flexibility index (Phi) is 5.64. The van der Waals surface area contributed by atoms with Gasteiger partial charge in [0.15, 0.2) is 0 Å². The van der Waals surface area contributed by atoms with Gasteiger partial charge in [-0.2, -0.15) is 4.31 Å². The van der Waals surface area contributed by atoms with Gasteiger partial charge in [-0.25, -0.2) is 8.42 Å². The molecule has 0 radical (unpaired) electrons. The molecule has 0 spiro atoms. The molecule has 0 N–H and O–H groups in total. The quantitative estimate of drug-likeness (QED) is 0.793. The highest BCUT2D eigenvalue weighted by Crippen LogP contribution is 2.28. The summed E-state index contributed by atoms with van der Waals surface area (Å²) >= 11 is 0. The lowest BCUT2D eigenvalue weighted by atomic mass is 9.87. The minimum atomic E-state index is -3.59. The Morgan fingerprint density at radius 3 is 2.11 bits per heavy atom. The number of hydrogen-bond acceptors (Lipinski definition) is 3. The van der Waals surface area contributed by atoms with Crippen LogP contribution < -0.4 is 0 Å². The summed E-state index contributed by atoms with van der Waals surface area (Å²) in [4.78, 5) is 14.7. The van der Waals surface area contributed by atoms with E-state index in [9.17, 15) is 13.2 Å². The summed E-state index contributed by atoms with van der Waals surface area (Å²) in [6, 6.07) is 14.8. The minimum absolute atomic E-state index is 0.0523. The zero-order valence-corrected chi connectivity index (χ0v) is 17.8. The molecule has 2 aromatic carbocycles. The molecule has 1 heterocycles. The van der Waals surface area contributed by atoms with Crippen molar-refractivity contribution in [1.82, 2.24) is 9.21 Å². The maximum Gasteiger partial charge on any atom is 0.253 e. The van der Waals surface area contributed by atoms with Crippen LogP contribution in [-0.2, 0) is 15.4 Å². The Labute approximate surface area is 168 Å². The first kappa shape index (κ1) is 20.6. The van der Waals surface area contributed by atoms with Gasteiger partial charge in [0.25, 0.3) is 5.91 Å². The van der Waals surface area contributed by atoms with Gasteiger partial charge < -0.3 is 4.90 Å². The van der Waals surface area contributed by atoms with E-state index in [4.69, 9.17) is 0 Å². The first-order chi connectivity index (χ1) is 13.1. The van der Waals surface area contributed by atoms with Crippen LogP contribution in [-0.4, -0.2) is 49.7 Å². The number of hydrogen-bond donors (Lipinski definition) is 0. The smallest absolute Gasteiger partial charge is 0.253 e. The average molecular weight is 401 g/mol. The van der Waals surface area contributed by atoms with E-state index < -0.39 is 10.0 Å². The van der Waals surface area contributed by atoms with E-state index in [1.54, 1.807) is 23.1 Å². The molecular weight excluding hydrogens is 372 g/mol. The number of carbonyl (C=O) groups excluding carboxylic acids is 1. The molecule has 0 aliphatic carbocycles. The van der Waals surface area contributed by atoms with Gasteiger partial charge in [-0.15, -0.1) is 0 Å². The van der Waals surface area contributed by atoms with Crippen molar-refractivity contribution in [2.75, 3.05) is 26.2 Å². The van der Waals surface area contributed by atoms with Gasteiger partial charge in [0.1, 0.15) is 0 Å². The first-order valence-electron chi connectivity index (χ1n) is 9.56. The van der Waals surface area contributed by atoms with E-state index in [-0.39, 0.29) is 11.3 Å². The molecule has 1 amide bonds. The highest BCUT2D eigenvalue weighted by molar-refractivity contribution is 7.89. The number of nitrogens with zero attached hydrogens (tertiary/aromatic N) is 2. The lowest BCUT2D eigenvalue weighted by Crippen LogP contribution is -2.50. The Bertz CT molecular complexity index is 955. The molecule has 6 heteroatoms. The van der Waals surface area contributed by atoms with E-state index in [1.165, 1.54) is 4.31 Å². The predicted molar refractivity (Wildman–Crippen MR) is 111 cm³/mol. The number of piperazine rings is 1. The monoisotopic (exact) mass is 400 g/mol. The van der Waals surface area contributed by atoms with E-state index in [0.29, 0.717) is 36.6 Å². The van der Waals surface area contributed by atoms with Crippen molar-refractivity contribution in [3.05, 3.63) is 65.2 Å². The van der Waals surface area contributed by atoms with Gasteiger partial charge in [-0.05, 0) is 41.7 Å². The van der Waals surface area contributed by atoms with Crippen LogP contribution >= 0.6 is 0 Å². The topological polar surface area (TPSA) is 57.7 Å². The van der Waals surface area contributed by atoms with Crippen molar-refractivity contribution in [3.8, 4) is 0 Å². The Morgan fingerprint density at radius 2 is 1.54 bits per heavy atom. The second kappa shape index (κ2) is 7.68. The van der Waals surface area contributed by atoms with Gasteiger partial charge >= 0.3 is 0 Å². The van der Waals surface area contributed by atoms with Crippen molar-refractivity contribution in [1.29, 1.82) is 0 Å². The van der Waals surface area contributed by atoms with Crippen LogP contribution in [0.3, 0.4) is 0 Å². The lowest BCUT2D eigenvalue weighted by Gasteiger charge is -2.34. The van der Waals surface area contributed by atoms with Crippen LogP contribution in [0, 0.1) is 6.92 Å². The highest BCUT2D eigenvalue weighted by atomic mass is 32.2. The maximum absolute atomic E-state index is 13.3. The van der Waals surface area contributed by atoms with Crippen molar-refractivity contribution in [3.63, 3.8) is 0 Å². The third-order valence-electron chi connectivity index (χ3n) is 5.22. The Balaban J connectivity index is 1.78. The van der Waals surface area contributed by atoms with Crippen LogP contribution in [0.25, 0.3) is 0 Å². The predicted octanol–water partition coefficient (Wildman–Crippen LogP) is 3.44. The van der Waals surface area contributed by atoms with Gasteiger partial charge in [0.2, 0.25) is 10.0 Å². The van der Waals surface area contributed by atoms with Crippen LogP contribution in [0.15, 0.2) is 53.4 Å². The summed E-state index contributed by atoms with van der Waals surface area (Å²) in [5.41, 5.74) is 2.25. The fourth-order valence-electron chi connectivity index (χ4n) is 3.38. The summed E-state index contributed by atoms with van der Waals surface area (Å²) in [6.45, 7) is 9.44. The second-order valence-corrected chi connectivity index (χ2v) is 10.2. The molecule has 28 heavy (non-hydrogen) atoms. The molecule has 0 aromatic heterocycles. The van der Waals surface area contributed by atoms with E-state index in [2.05, 4.69) is 20.8 Å². The first-order valence-corrected chi connectivity index (χ1v) is 11.0. The molecule has 2 aromatic rings. The standard InChI is InChI=1S/C22H28N2O3S/c1-17-10-11-19(22(2,3)4)16-20(17)28(26,27)24-14-12-23(13-15-24)21(25)18-8-6-5-7-9-18/h5-11,16H,12-15H2,1-4H3. The maximum atomic E-state index is 13.3. The number of amides is 1. The molecular formula is C22H28N2O3S. The van der Waals surface area contributed by atoms with Crippen LogP contribution in [0.5, 0.6) is 0 Å². The van der Waals surface area contributed by atoms with E-state index in [1.807, 2.05) is 37.3 Å². The molecule has 0 bridgehead atoms. The largest absolute Gasteiger partial charge is 0.336 e. The van der Waals surface area contributed by atoms with E-state index >= 15 is 0 Å². The average Bonchev–Trinajstić information content (AvgIpc) is 2.67. The number of sulfonamides is 1. The molecule has 1 aliphatic rings. The number of rotatable bonds is 3. The fraction of sp³-hybridized carbons (Fsp3) is 0.409. The summed E-state index contributed by atoms with van der Waals surface area (Å²) in [5.74, 6) is -0.0523. The van der Waals surface area contributed by atoms with Gasteiger partial charge in [0.05, 0.1) is 4.90 Å². The third kappa shape index (κ3) is 4.13. The SMILES string of the molecule is Cc1ccc(C(C)(C)C)cc1S(=O)(=O)N1CCN(C(=O)c2ccccc2)CC1. The normalized spacial score (nSPS) is 16.2. The van der Waals surface area contributed by atoms with Crippen molar-refractivity contribution in [2.45, 2.75) is 38.0 Å². The lowest BCUT2D eigenvalue weighted by molar-refractivity contribution is 0.0698. The number of carbonyl (C=O) groups is 1. The molecule has 1 aliphatic heterocycles. The zero-order valence-electron chi connectivity index (χ0n) is 17.0. The Hall–Kier alpha value is -2.18. The number of aryl methyl sites for hydroxylation is 1. The van der Waals surface area contributed by atoms with E-state index in [0.717, 1.165) is 11.1 Å². The van der Waals surface area contributed by atoms with Crippen molar-refractivity contribution in [2.24, 2.45) is 0 Å². The van der Waals surface area contributed by atoms with Crippen LogP contribution in [0.1, 0.15) is 42.3 Å². The van der Waals surface area contributed by atoms with Gasteiger partial charge in [0, 0.05) is 31.7 Å². The van der Waals surface area contributed by atoms with Crippen molar-refractivity contribution < 1.29 is 13.2 Å². The van der Waals surface area contributed by atoms with Crippen LogP contribution in [0.2, 0.25) is 0 Å². The zero-order chi connectivity index (χ0) is 20.5. The second-order valence-electron chi connectivity index (χ2n) is 8.29. The summed E-state index contributed by atoms with van der Waals surface area (Å²) in [6.07, 6.45) is 0. The molecule has 150 valence electrons. The Morgan fingerprint density at radius 1 is 0.929 bits per heavy atom. The van der Waals surface area contributed by atoms with Gasteiger partial charge in [-0.1, -0.05) is 51.1 Å². The number of benzene rings is 2. The van der Waals surface area contributed by atoms with Gasteiger partial charge in [-0.3, -0.25) is 4.79 Å². The molecule has 5 nitrogen and oxygen atoms in total. The third-order valence-corrected chi connectivity index (χ3v) is 7.26. The highest BCUT2D eigenvalue weighted by Gasteiger charge is 2.32. The summed E-state index contributed by atoms with van der Waals surface area (Å²) in [5, 5.41) is 0. The van der Waals surface area contributed by atoms with Crippen LogP contribution in [0.4, 0.5) is 0 Å². The molecule has 1 fully saturated rings.